The Bertz CT molecular complexity index is 383. The lowest BCUT2D eigenvalue weighted by Crippen LogP contribution is -2.31. The zero-order chi connectivity index (χ0) is 13.0. The first-order chi connectivity index (χ1) is 7.95. The Kier molecular flexibility index (Phi) is 5.53. The SMILES string of the molecule is COc1c(Cl)cc(Cl)cc1CCC(O)C(C)N. The van der Waals surface area contributed by atoms with Crippen molar-refractivity contribution < 1.29 is 9.84 Å². The largest absolute Gasteiger partial charge is 0.495 e. The van der Waals surface area contributed by atoms with Crippen LogP contribution in [0, 0.1) is 0 Å². The quantitative estimate of drug-likeness (QED) is 0.870. The summed E-state index contributed by atoms with van der Waals surface area (Å²) in [5, 5.41) is 10.7. The highest BCUT2D eigenvalue weighted by atomic mass is 35.5. The normalized spacial score (nSPS) is 14.5. The lowest BCUT2D eigenvalue weighted by atomic mass is 10.0. The average Bonchev–Trinajstić information content (AvgIpc) is 2.24. The van der Waals surface area contributed by atoms with Crippen molar-refractivity contribution in [1.29, 1.82) is 0 Å². The minimum atomic E-state index is -0.544. The van der Waals surface area contributed by atoms with Gasteiger partial charge in [-0.05, 0) is 37.5 Å². The second-order valence-corrected chi connectivity index (χ2v) is 4.89. The summed E-state index contributed by atoms with van der Waals surface area (Å²) in [7, 11) is 1.56. The first-order valence-electron chi connectivity index (χ1n) is 5.41. The van der Waals surface area contributed by atoms with Gasteiger partial charge in [-0.3, -0.25) is 0 Å². The molecule has 3 nitrogen and oxygen atoms in total. The highest BCUT2D eigenvalue weighted by molar-refractivity contribution is 6.35. The average molecular weight is 278 g/mol. The van der Waals surface area contributed by atoms with Gasteiger partial charge in [0.15, 0.2) is 0 Å². The molecule has 1 aromatic rings. The van der Waals surface area contributed by atoms with E-state index in [9.17, 15) is 5.11 Å². The zero-order valence-electron chi connectivity index (χ0n) is 9.91. The van der Waals surface area contributed by atoms with E-state index in [0.29, 0.717) is 28.6 Å². The van der Waals surface area contributed by atoms with Gasteiger partial charge in [0, 0.05) is 11.1 Å². The summed E-state index contributed by atoms with van der Waals surface area (Å²) in [4.78, 5) is 0. The van der Waals surface area contributed by atoms with Crippen molar-refractivity contribution in [2.75, 3.05) is 7.11 Å². The van der Waals surface area contributed by atoms with Gasteiger partial charge in [0.2, 0.25) is 0 Å². The van der Waals surface area contributed by atoms with E-state index in [4.69, 9.17) is 33.7 Å². The van der Waals surface area contributed by atoms with Crippen LogP contribution in [0.4, 0.5) is 0 Å². The first kappa shape index (κ1) is 14.6. The third-order valence-electron chi connectivity index (χ3n) is 2.61. The molecule has 0 bridgehead atoms. The molecule has 2 atom stereocenters. The number of ether oxygens (including phenoxy) is 1. The monoisotopic (exact) mass is 277 g/mol. The number of hydrogen-bond acceptors (Lipinski definition) is 3. The standard InChI is InChI=1S/C12H17Cl2NO2/c1-7(15)11(16)4-3-8-5-9(13)6-10(14)12(8)17-2/h5-7,11,16H,3-4,15H2,1-2H3. The van der Waals surface area contributed by atoms with Gasteiger partial charge >= 0.3 is 0 Å². The third kappa shape index (κ3) is 4.03. The summed E-state index contributed by atoms with van der Waals surface area (Å²) in [5.74, 6) is 0.605. The van der Waals surface area contributed by atoms with Gasteiger partial charge in [-0.25, -0.2) is 0 Å². The van der Waals surface area contributed by atoms with E-state index in [2.05, 4.69) is 0 Å². The smallest absolute Gasteiger partial charge is 0.140 e. The van der Waals surface area contributed by atoms with Gasteiger partial charge in [-0.15, -0.1) is 0 Å². The molecule has 96 valence electrons. The summed E-state index contributed by atoms with van der Waals surface area (Å²) >= 11 is 11.9. The number of hydrogen-bond donors (Lipinski definition) is 2. The lowest BCUT2D eigenvalue weighted by Gasteiger charge is -2.16. The summed E-state index contributed by atoms with van der Waals surface area (Å²) in [6.07, 6.45) is 0.620. The van der Waals surface area contributed by atoms with Crippen molar-refractivity contribution in [2.24, 2.45) is 5.73 Å². The third-order valence-corrected chi connectivity index (χ3v) is 3.10. The maximum absolute atomic E-state index is 9.66. The van der Waals surface area contributed by atoms with Crippen molar-refractivity contribution in [3.05, 3.63) is 27.7 Å². The molecule has 0 fully saturated rings. The molecule has 3 N–H and O–H groups in total. The van der Waals surface area contributed by atoms with E-state index >= 15 is 0 Å². The fraction of sp³-hybridized carbons (Fsp3) is 0.500. The van der Waals surface area contributed by atoms with Crippen LogP contribution in [0.2, 0.25) is 10.0 Å². The van der Waals surface area contributed by atoms with Crippen LogP contribution in [0.15, 0.2) is 12.1 Å². The zero-order valence-corrected chi connectivity index (χ0v) is 11.4. The van der Waals surface area contributed by atoms with Gasteiger partial charge in [-0.1, -0.05) is 23.2 Å². The summed E-state index contributed by atoms with van der Waals surface area (Å²) < 4.78 is 5.22. The maximum atomic E-state index is 9.66. The van der Waals surface area contributed by atoms with Crippen LogP contribution in [0.3, 0.4) is 0 Å². The first-order valence-corrected chi connectivity index (χ1v) is 6.16. The molecule has 5 heteroatoms. The lowest BCUT2D eigenvalue weighted by molar-refractivity contribution is 0.141. The Morgan fingerprint density at radius 3 is 2.59 bits per heavy atom. The number of methoxy groups -OCH3 is 1. The van der Waals surface area contributed by atoms with Gasteiger partial charge < -0.3 is 15.6 Å². The summed E-state index contributed by atoms with van der Waals surface area (Å²) in [5.41, 5.74) is 6.48. The van der Waals surface area contributed by atoms with Crippen molar-refractivity contribution >= 4 is 23.2 Å². The molecule has 2 unspecified atom stereocenters. The highest BCUT2D eigenvalue weighted by Crippen LogP contribution is 2.33. The second kappa shape index (κ2) is 6.45. The Labute approximate surface area is 111 Å². The summed E-state index contributed by atoms with van der Waals surface area (Å²) in [6, 6.07) is 3.17. The molecule has 0 saturated carbocycles. The Morgan fingerprint density at radius 2 is 2.06 bits per heavy atom. The van der Waals surface area contributed by atoms with Crippen molar-refractivity contribution in [2.45, 2.75) is 31.9 Å². The molecule has 1 rings (SSSR count). The van der Waals surface area contributed by atoms with Crippen LogP contribution in [-0.4, -0.2) is 24.4 Å². The van der Waals surface area contributed by atoms with Gasteiger partial charge in [0.25, 0.3) is 0 Å². The number of nitrogens with two attached hydrogens (primary N) is 1. The maximum Gasteiger partial charge on any atom is 0.140 e. The van der Waals surface area contributed by atoms with Crippen molar-refractivity contribution in [3.63, 3.8) is 0 Å². The van der Waals surface area contributed by atoms with Gasteiger partial charge in [-0.2, -0.15) is 0 Å². The van der Waals surface area contributed by atoms with Crippen molar-refractivity contribution in [3.8, 4) is 5.75 Å². The second-order valence-electron chi connectivity index (χ2n) is 4.05. The Balaban J connectivity index is 2.83. The molecular formula is C12H17Cl2NO2. The number of halogens is 2. The molecule has 0 spiro atoms. The number of aryl methyl sites for hydroxylation is 1. The van der Waals surface area contributed by atoms with E-state index in [0.717, 1.165) is 5.56 Å². The molecule has 0 amide bonds. The molecule has 0 heterocycles. The molecule has 1 aromatic carbocycles. The Morgan fingerprint density at radius 1 is 1.41 bits per heavy atom. The number of aliphatic hydroxyl groups is 1. The van der Waals surface area contributed by atoms with E-state index in [-0.39, 0.29) is 6.04 Å². The van der Waals surface area contributed by atoms with Crippen LogP contribution in [0.5, 0.6) is 5.75 Å². The number of rotatable bonds is 5. The van der Waals surface area contributed by atoms with E-state index in [1.165, 1.54) is 0 Å². The van der Waals surface area contributed by atoms with Crippen LogP contribution >= 0.6 is 23.2 Å². The molecular weight excluding hydrogens is 261 g/mol. The van der Waals surface area contributed by atoms with Crippen LogP contribution in [-0.2, 0) is 6.42 Å². The van der Waals surface area contributed by atoms with E-state index in [1.807, 2.05) is 0 Å². The molecule has 0 saturated heterocycles. The molecule has 0 aliphatic heterocycles. The number of aliphatic hydroxyl groups excluding tert-OH is 1. The van der Waals surface area contributed by atoms with Gasteiger partial charge in [0.05, 0.1) is 18.2 Å². The van der Waals surface area contributed by atoms with E-state index < -0.39 is 6.10 Å². The highest BCUT2D eigenvalue weighted by Gasteiger charge is 2.14. The van der Waals surface area contributed by atoms with Crippen LogP contribution in [0.1, 0.15) is 18.9 Å². The number of benzene rings is 1. The Hall–Kier alpha value is -0.480. The minimum Gasteiger partial charge on any atom is -0.495 e. The van der Waals surface area contributed by atoms with Crippen molar-refractivity contribution in [1.82, 2.24) is 0 Å². The molecule has 0 aliphatic carbocycles. The topological polar surface area (TPSA) is 55.5 Å². The molecule has 0 aliphatic rings. The fourth-order valence-electron chi connectivity index (χ4n) is 1.59. The predicted molar refractivity (Wildman–Crippen MR) is 71.0 cm³/mol. The van der Waals surface area contributed by atoms with Gasteiger partial charge in [0.1, 0.15) is 5.75 Å². The molecule has 17 heavy (non-hydrogen) atoms. The van der Waals surface area contributed by atoms with Crippen LogP contribution in [0.25, 0.3) is 0 Å². The van der Waals surface area contributed by atoms with E-state index in [1.54, 1.807) is 26.2 Å². The summed E-state index contributed by atoms with van der Waals surface area (Å²) in [6.45, 7) is 1.77. The predicted octanol–water partition coefficient (Wildman–Crippen LogP) is 2.64. The minimum absolute atomic E-state index is 0.254. The molecule has 0 aromatic heterocycles. The molecule has 0 radical (unpaired) electrons. The van der Waals surface area contributed by atoms with Crippen LogP contribution < -0.4 is 10.5 Å². The fourth-order valence-corrected chi connectivity index (χ4v) is 2.21.